The molecule has 0 unspecified atom stereocenters. The van der Waals surface area contributed by atoms with Crippen molar-refractivity contribution in [2.24, 2.45) is 0 Å². The van der Waals surface area contributed by atoms with Gasteiger partial charge in [-0.25, -0.2) is 4.98 Å². The minimum atomic E-state index is -0.0944. The molecule has 0 atom stereocenters. The van der Waals surface area contributed by atoms with Gasteiger partial charge in [-0.1, -0.05) is 30.3 Å². The molecular formula is C19H20ClN3O. The summed E-state index contributed by atoms with van der Waals surface area (Å²) in [5.41, 5.74) is 3.48. The highest BCUT2D eigenvalue weighted by Gasteiger charge is 2.14. The van der Waals surface area contributed by atoms with Crippen molar-refractivity contribution in [3.8, 4) is 0 Å². The van der Waals surface area contributed by atoms with E-state index in [0.717, 1.165) is 17.5 Å². The van der Waals surface area contributed by atoms with E-state index in [4.69, 9.17) is 11.6 Å². The monoisotopic (exact) mass is 341 g/mol. The molecular weight excluding hydrogens is 322 g/mol. The van der Waals surface area contributed by atoms with Crippen LogP contribution in [0.15, 0.2) is 48.5 Å². The molecule has 1 N–H and O–H groups in total. The van der Waals surface area contributed by atoms with Crippen LogP contribution in [0.4, 0.5) is 0 Å². The van der Waals surface area contributed by atoms with E-state index < -0.39 is 0 Å². The van der Waals surface area contributed by atoms with Crippen LogP contribution in [0.3, 0.4) is 0 Å². The minimum Gasteiger partial charge on any atom is -0.352 e. The maximum atomic E-state index is 12.3. The van der Waals surface area contributed by atoms with Crippen molar-refractivity contribution in [2.75, 3.05) is 6.54 Å². The fourth-order valence-corrected chi connectivity index (χ4v) is 3.15. The second-order valence-corrected chi connectivity index (χ2v) is 6.38. The molecule has 0 spiro atoms. The van der Waals surface area contributed by atoms with Crippen molar-refractivity contribution in [3.05, 3.63) is 64.9 Å². The normalized spacial score (nSPS) is 11.2. The molecule has 1 amide bonds. The van der Waals surface area contributed by atoms with E-state index in [1.807, 2.05) is 34.9 Å². The summed E-state index contributed by atoms with van der Waals surface area (Å²) in [6.45, 7) is 4.70. The minimum absolute atomic E-state index is 0.0944. The maximum absolute atomic E-state index is 12.3. The zero-order valence-corrected chi connectivity index (χ0v) is 14.5. The zero-order valence-electron chi connectivity index (χ0n) is 13.8. The maximum Gasteiger partial charge on any atom is 0.251 e. The first kappa shape index (κ1) is 16.5. The third-order valence-corrected chi connectivity index (χ3v) is 4.23. The Morgan fingerprint density at radius 1 is 1.21 bits per heavy atom. The molecule has 2 aromatic carbocycles. The van der Waals surface area contributed by atoms with Crippen molar-refractivity contribution in [1.82, 2.24) is 14.9 Å². The fourth-order valence-electron chi connectivity index (χ4n) is 2.77. The molecule has 124 valence electrons. The number of nitrogens with one attached hydrogen (secondary N) is 1. The first-order valence-corrected chi connectivity index (χ1v) is 8.43. The summed E-state index contributed by atoms with van der Waals surface area (Å²) in [5, 5.41) is 3.40. The number of halogens is 1. The zero-order chi connectivity index (χ0) is 17.1. The van der Waals surface area contributed by atoms with Gasteiger partial charge >= 0.3 is 0 Å². The lowest BCUT2D eigenvalue weighted by atomic mass is 10.1. The number of nitrogens with zero attached hydrogens (tertiary/aromatic N) is 2. The summed E-state index contributed by atoms with van der Waals surface area (Å²) in [4.78, 5) is 16.7. The van der Waals surface area contributed by atoms with E-state index in [9.17, 15) is 4.79 Å². The van der Waals surface area contributed by atoms with E-state index in [1.165, 1.54) is 5.56 Å². The molecule has 4 nitrogen and oxygen atoms in total. The van der Waals surface area contributed by atoms with E-state index >= 15 is 0 Å². The SMILES string of the molecule is CC(C)n1c(Cl)nc2cc(C(=O)NCCc3ccccc3)ccc21. The van der Waals surface area contributed by atoms with Gasteiger partial charge in [0.1, 0.15) is 0 Å². The van der Waals surface area contributed by atoms with Crippen molar-refractivity contribution in [2.45, 2.75) is 26.3 Å². The average molecular weight is 342 g/mol. The number of carbonyl (C=O) groups is 1. The Hall–Kier alpha value is -2.33. The van der Waals surface area contributed by atoms with Crippen molar-refractivity contribution in [3.63, 3.8) is 0 Å². The first-order valence-electron chi connectivity index (χ1n) is 8.06. The van der Waals surface area contributed by atoms with Gasteiger partial charge in [0.05, 0.1) is 11.0 Å². The fraction of sp³-hybridized carbons (Fsp3) is 0.263. The van der Waals surface area contributed by atoms with Crippen molar-refractivity contribution in [1.29, 1.82) is 0 Å². The molecule has 0 bridgehead atoms. The quantitative estimate of drug-likeness (QED) is 0.754. The Morgan fingerprint density at radius 3 is 2.67 bits per heavy atom. The molecule has 24 heavy (non-hydrogen) atoms. The summed E-state index contributed by atoms with van der Waals surface area (Å²) < 4.78 is 1.95. The van der Waals surface area contributed by atoms with Crippen LogP contribution in [-0.4, -0.2) is 22.0 Å². The second kappa shape index (κ2) is 7.05. The topological polar surface area (TPSA) is 46.9 Å². The van der Waals surface area contributed by atoms with Crippen molar-refractivity contribution >= 4 is 28.5 Å². The van der Waals surface area contributed by atoms with Crippen LogP contribution < -0.4 is 5.32 Å². The number of benzene rings is 2. The summed E-state index contributed by atoms with van der Waals surface area (Å²) >= 11 is 6.20. The van der Waals surface area contributed by atoms with Gasteiger partial charge in [-0.3, -0.25) is 4.79 Å². The predicted octanol–water partition coefficient (Wildman–Crippen LogP) is 4.24. The first-order chi connectivity index (χ1) is 11.6. The summed E-state index contributed by atoms with van der Waals surface area (Å²) in [7, 11) is 0. The molecule has 0 saturated carbocycles. The van der Waals surface area contributed by atoms with E-state index in [-0.39, 0.29) is 11.9 Å². The lowest BCUT2D eigenvalue weighted by Gasteiger charge is -2.10. The Kier molecular flexibility index (Phi) is 4.86. The lowest BCUT2D eigenvalue weighted by Crippen LogP contribution is -2.25. The van der Waals surface area contributed by atoms with Gasteiger partial charge in [0.15, 0.2) is 0 Å². The Balaban J connectivity index is 1.71. The molecule has 3 rings (SSSR count). The van der Waals surface area contributed by atoms with E-state index in [0.29, 0.717) is 17.4 Å². The largest absolute Gasteiger partial charge is 0.352 e. The van der Waals surface area contributed by atoms with E-state index in [2.05, 4.69) is 36.3 Å². The van der Waals surface area contributed by atoms with Gasteiger partial charge in [0.2, 0.25) is 5.28 Å². The molecule has 0 aliphatic rings. The van der Waals surface area contributed by atoms with Gasteiger partial charge in [0.25, 0.3) is 5.91 Å². The number of rotatable bonds is 5. The number of amides is 1. The molecule has 1 aromatic heterocycles. The van der Waals surface area contributed by atoms with Crippen LogP contribution >= 0.6 is 11.6 Å². The molecule has 0 aliphatic carbocycles. The van der Waals surface area contributed by atoms with Crippen LogP contribution in [0.25, 0.3) is 11.0 Å². The van der Waals surface area contributed by atoms with Gasteiger partial charge in [-0.05, 0) is 55.6 Å². The van der Waals surface area contributed by atoms with Crippen LogP contribution in [0, 0.1) is 0 Å². The van der Waals surface area contributed by atoms with Gasteiger partial charge < -0.3 is 9.88 Å². The van der Waals surface area contributed by atoms with Gasteiger partial charge in [0, 0.05) is 18.2 Å². The number of hydrogen-bond donors (Lipinski definition) is 1. The highest BCUT2D eigenvalue weighted by molar-refractivity contribution is 6.29. The predicted molar refractivity (Wildman–Crippen MR) is 97.6 cm³/mol. The van der Waals surface area contributed by atoms with Crippen molar-refractivity contribution < 1.29 is 4.79 Å². The van der Waals surface area contributed by atoms with E-state index in [1.54, 1.807) is 6.07 Å². The molecule has 0 saturated heterocycles. The molecule has 0 radical (unpaired) electrons. The third kappa shape index (κ3) is 3.44. The highest BCUT2D eigenvalue weighted by Crippen LogP contribution is 2.25. The second-order valence-electron chi connectivity index (χ2n) is 6.04. The summed E-state index contributed by atoms with van der Waals surface area (Å²) in [6.07, 6.45) is 0.808. The number of aromatic nitrogens is 2. The summed E-state index contributed by atoms with van der Waals surface area (Å²) in [5.74, 6) is -0.0944. The number of hydrogen-bond acceptors (Lipinski definition) is 2. The number of imidazole rings is 1. The standard InChI is InChI=1S/C19H20ClN3O/c1-13(2)23-17-9-8-15(12-16(17)22-19(23)20)18(24)21-11-10-14-6-4-3-5-7-14/h3-9,12-13H,10-11H2,1-2H3,(H,21,24). The highest BCUT2D eigenvalue weighted by atomic mass is 35.5. The smallest absolute Gasteiger partial charge is 0.251 e. The Morgan fingerprint density at radius 2 is 1.96 bits per heavy atom. The van der Waals surface area contributed by atoms with Gasteiger partial charge in [-0.2, -0.15) is 0 Å². The number of carbonyl (C=O) groups excluding carboxylic acids is 1. The lowest BCUT2D eigenvalue weighted by molar-refractivity contribution is 0.0954. The number of fused-ring (bicyclic) bond motifs is 1. The van der Waals surface area contributed by atoms with Gasteiger partial charge in [-0.15, -0.1) is 0 Å². The molecule has 0 aliphatic heterocycles. The van der Waals surface area contributed by atoms with Crippen LogP contribution in [0.2, 0.25) is 5.28 Å². The molecule has 5 heteroatoms. The molecule has 1 heterocycles. The molecule has 3 aromatic rings. The summed E-state index contributed by atoms with van der Waals surface area (Å²) in [6, 6.07) is 15.8. The van der Waals surface area contributed by atoms with Crippen LogP contribution in [0.1, 0.15) is 35.8 Å². The van der Waals surface area contributed by atoms with Crippen LogP contribution in [-0.2, 0) is 6.42 Å². The average Bonchev–Trinajstić information content (AvgIpc) is 2.90. The Bertz CT molecular complexity index is 856. The Labute approximate surface area is 146 Å². The van der Waals surface area contributed by atoms with Crippen LogP contribution in [0.5, 0.6) is 0 Å². The molecule has 0 fully saturated rings. The third-order valence-electron chi connectivity index (χ3n) is 3.97.